The van der Waals surface area contributed by atoms with Crippen molar-refractivity contribution in [2.75, 3.05) is 0 Å². The van der Waals surface area contributed by atoms with E-state index in [9.17, 15) is 0 Å². The summed E-state index contributed by atoms with van der Waals surface area (Å²) >= 11 is 0. The molecule has 0 spiro atoms. The molecule has 1 nitrogen and oxygen atoms in total. The van der Waals surface area contributed by atoms with Gasteiger partial charge in [-0.1, -0.05) is 18.6 Å². The van der Waals surface area contributed by atoms with E-state index >= 15 is 0 Å². The molecule has 0 bridgehead atoms. The van der Waals surface area contributed by atoms with Gasteiger partial charge in [0.25, 0.3) is 0 Å². The molecule has 0 N–H and O–H groups in total. The van der Waals surface area contributed by atoms with Crippen molar-refractivity contribution < 1.29 is 0 Å². The summed E-state index contributed by atoms with van der Waals surface area (Å²) in [5, 5.41) is 0. The van der Waals surface area contributed by atoms with E-state index in [-0.39, 0.29) is 0 Å². The molecular weight excluding hydrogens is 158 g/mol. The van der Waals surface area contributed by atoms with Gasteiger partial charge in [-0.3, -0.25) is 4.98 Å². The smallest absolute Gasteiger partial charge is 0.0629 e. The lowest BCUT2D eigenvalue weighted by molar-refractivity contribution is 0.698. The minimum absolute atomic E-state index is 0.766. The highest BCUT2D eigenvalue weighted by molar-refractivity contribution is 5.49. The Balaban J connectivity index is 2.20. The van der Waals surface area contributed by atoms with E-state index in [1.807, 2.05) is 18.3 Å². The molecule has 1 heterocycles. The third kappa shape index (κ3) is 1.97. The van der Waals surface area contributed by atoms with Gasteiger partial charge in [0.2, 0.25) is 0 Å². The summed E-state index contributed by atoms with van der Waals surface area (Å²) in [5.41, 5.74) is 2.67. The second-order valence-corrected chi connectivity index (χ2v) is 3.77. The Hall–Kier alpha value is -1.11. The number of hydrogen-bond donors (Lipinski definition) is 0. The van der Waals surface area contributed by atoms with Gasteiger partial charge < -0.3 is 0 Å². The zero-order valence-corrected chi connectivity index (χ0v) is 8.03. The van der Waals surface area contributed by atoms with Crippen molar-refractivity contribution in [3.8, 4) is 0 Å². The van der Waals surface area contributed by atoms with E-state index < -0.39 is 0 Å². The van der Waals surface area contributed by atoms with Crippen molar-refractivity contribution in [1.82, 2.24) is 4.98 Å². The van der Waals surface area contributed by atoms with E-state index in [4.69, 9.17) is 0 Å². The quantitative estimate of drug-likeness (QED) is 0.635. The molecule has 0 aromatic carbocycles. The van der Waals surface area contributed by atoms with Crippen LogP contribution in [0.5, 0.6) is 0 Å². The Morgan fingerprint density at radius 1 is 1.46 bits per heavy atom. The summed E-state index contributed by atoms with van der Waals surface area (Å²) in [6.07, 6.45) is 8.06. The third-order valence-electron chi connectivity index (χ3n) is 2.76. The van der Waals surface area contributed by atoms with Crippen molar-refractivity contribution >= 4 is 6.08 Å². The van der Waals surface area contributed by atoms with Gasteiger partial charge >= 0.3 is 0 Å². The number of nitrogens with zero attached hydrogens (tertiary/aromatic N) is 1. The fourth-order valence-electron chi connectivity index (χ4n) is 1.91. The zero-order chi connectivity index (χ0) is 9.10. The summed E-state index contributed by atoms with van der Waals surface area (Å²) in [6.45, 7) is 2.31. The lowest BCUT2D eigenvalue weighted by Crippen LogP contribution is -1.89. The second-order valence-electron chi connectivity index (χ2n) is 3.77. The third-order valence-corrected chi connectivity index (χ3v) is 2.76. The molecule has 0 unspecified atom stereocenters. The first-order chi connectivity index (χ1) is 6.36. The Bertz CT molecular complexity index is 300. The second kappa shape index (κ2) is 3.73. The predicted molar refractivity (Wildman–Crippen MR) is 55.2 cm³/mol. The molecule has 0 saturated heterocycles. The maximum atomic E-state index is 4.30. The van der Waals surface area contributed by atoms with Crippen molar-refractivity contribution in [1.29, 1.82) is 0 Å². The lowest BCUT2D eigenvalue weighted by atomic mass is 10.0. The monoisotopic (exact) mass is 173 g/mol. The number of hydrogen-bond acceptors (Lipinski definition) is 1. The first kappa shape index (κ1) is 8.49. The van der Waals surface area contributed by atoms with Crippen LogP contribution in [-0.2, 0) is 0 Å². The molecule has 1 atom stereocenters. The van der Waals surface area contributed by atoms with Crippen molar-refractivity contribution in [2.45, 2.75) is 26.2 Å². The van der Waals surface area contributed by atoms with Gasteiger partial charge in [-0.2, -0.15) is 0 Å². The fourth-order valence-corrected chi connectivity index (χ4v) is 1.91. The highest BCUT2D eigenvalue weighted by Crippen LogP contribution is 2.31. The molecule has 1 saturated carbocycles. The Morgan fingerprint density at radius 3 is 3.00 bits per heavy atom. The standard InChI is InChI=1S/C12H15N/c1-10-5-4-6-11(10)9-12-7-2-3-8-13-12/h2-3,7-10H,4-6H2,1H3/b11-9-/t10-/m0/s1. The van der Waals surface area contributed by atoms with E-state index in [0.29, 0.717) is 0 Å². The molecule has 1 aliphatic carbocycles. The van der Waals surface area contributed by atoms with Crippen LogP contribution < -0.4 is 0 Å². The normalized spacial score (nSPS) is 25.3. The van der Waals surface area contributed by atoms with Crippen LogP contribution in [0.4, 0.5) is 0 Å². The molecule has 1 fully saturated rings. The predicted octanol–water partition coefficient (Wildman–Crippen LogP) is 3.29. The number of aromatic nitrogens is 1. The van der Waals surface area contributed by atoms with Crippen LogP contribution in [0.3, 0.4) is 0 Å². The molecule has 0 aliphatic heterocycles. The summed E-state index contributed by atoms with van der Waals surface area (Å²) in [7, 11) is 0. The van der Waals surface area contributed by atoms with Gasteiger partial charge in [0.05, 0.1) is 5.69 Å². The summed E-state index contributed by atoms with van der Waals surface area (Å²) < 4.78 is 0. The minimum Gasteiger partial charge on any atom is -0.257 e. The average Bonchev–Trinajstić information content (AvgIpc) is 2.54. The van der Waals surface area contributed by atoms with Crippen molar-refractivity contribution in [3.05, 3.63) is 35.7 Å². The Labute approximate surface area is 79.5 Å². The van der Waals surface area contributed by atoms with Crippen LogP contribution in [0.15, 0.2) is 30.0 Å². The highest BCUT2D eigenvalue weighted by Gasteiger charge is 2.15. The van der Waals surface area contributed by atoms with Gasteiger partial charge in [0, 0.05) is 6.20 Å². The molecule has 2 rings (SSSR count). The maximum absolute atomic E-state index is 4.30. The summed E-state index contributed by atoms with van der Waals surface area (Å²) in [5.74, 6) is 0.766. The highest BCUT2D eigenvalue weighted by atomic mass is 14.6. The molecule has 1 aliphatic rings. The van der Waals surface area contributed by atoms with Crippen molar-refractivity contribution in [3.63, 3.8) is 0 Å². The molecular formula is C12H15N. The van der Waals surface area contributed by atoms with E-state index in [2.05, 4.69) is 24.1 Å². The molecule has 68 valence electrons. The van der Waals surface area contributed by atoms with Gasteiger partial charge in [-0.05, 0) is 43.4 Å². The molecule has 13 heavy (non-hydrogen) atoms. The van der Waals surface area contributed by atoms with Crippen LogP contribution >= 0.6 is 0 Å². The molecule has 0 radical (unpaired) electrons. The zero-order valence-electron chi connectivity index (χ0n) is 8.03. The largest absolute Gasteiger partial charge is 0.257 e. The maximum Gasteiger partial charge on any atom is 0.0629 e. The van der Waals surface area contributed by atoms with E-state index in [0.717, 1.165) is 11.6 Å². The number of pyridine rings is 1. The first-order valence-electron chi connectivity index (χ1n) is 4.98. The minimum atomic E-state index is 0.766. The number of rotatable bonds is 1. The van der Waals surface area contributed by atoms with Crippen LogP contribution in [0.2, 0.25) is 0 Å². The molecule has 1 aromatic rings. The Kier molecular flexibility index (Phi) is 2.44. The fraction of sp³-hybridized carbons (Fsp3) is 0.417. The van der Waals surface area contributed by atoms with E-state index in [1.54, 1.807) is 5.57 Å². The van der Waals surface area contributed by atoms with E-state index in [1.165, 1.54) is 19.3 Å². The average molecular weight is 173 g/mol. The Morgan fingerprint density at radius 2 is 2.38 bits per heavy atom. The van der Waals surface area contributed by atoms with Gasteiger partial charge in [-0.25, -0.2) is 0 Å². The summed E-state index contributed by atoms with van der Waals surface area (Å²) in [4.78, 5) is 4.30. The van der Waals surface area contributed by atoms with Crippen LogP contribution in [0.25, 0.3) is 6.08 Å². The first-order valence-corrected chi connectivity index (χ1v) is 4.98. The van der Waals surface area contributed by atoms with Crippen LogP contribution in [-0.4, -0.2) is 4.98 Å². The number of allylic oxidation sites excluding steroid dienone is 1. The SMILES string of the molecule is C[C@H]1CCC/C1=C/c1ccccn1. The van der Waals surface area contributed by atoms with Gasteiger partial charge in [0.15, 0.2) is 0 Å². The lowest BCUT2D eigenvalue weighted by Gasteiger charge is -2.03. The topological polar surface area (TPSA) is 12.9 Å². The van der Waals surface area contributed by atoms with Crippen LogP contribution in [0, 0.1) is 5.92 Å². The van der Waals surface area contributed by atoms with Crippen LogP contribution in [0.1, 0.15) is 31.9 Å². The molecule has 1 heteroatoms. The molecule has 0 amide bonds. The van der Waals surface area contributed by atoms with Crippen molar-refractivity contribution in [2.24, 2.45) is 5.92 Å². The summed E-state index contributed by atoms with van der Waals surface area (Å²) in [6, 6.07) is 6.07. The molecule has 1 aromatic heterocycles. The van der Waals surface area contributed by atoms with Gasteiger partial charge in [-0.15, -0.1) is 0 Å². The van der Waals surface area contributed by atoms with Gasteiger partial charge in [0.1, 0.15) is 0 Å².